The zero-order valence-electron chi connectivity index (χ0n) is 20.2. The molecule has 0 saturated carbocycles. The molecule has 188 valence electrons. The Hall–Kier alpha value is -2.94. The minimum atomic E-state index is -4.53. The largest absolute Gasteiger partial charge is 0.486 e. The first-order chi connectivity index (χ1) is 16.6. The number of rotatable bonds is 5. The highest BCUT2D eigenvalue weighted by molar-refractivity contribution is 5.94. The van der Waals surface area contributed by atoms with Crippen LogP contribution in [0.2, 0.25) is 0 Å². The van der Waals surface area contributed by atoms with Gasteiger partial charge in [0.25, 0.3) is 5.91 Å². The van der Waals surface area contributed by atoms with E-state index < -0.39 is 11.9 Å². The molecule has 4 rings (SSSR count). The first-order valence-electron chi connectivity index (χ1n) is 11.9. The molecule has 6 nitrogen and oxygen atoms in total. The van der Waals surface area contributed by atoms with Crippen LogP contribution in [-0.4, -0.2) is 58.8 Å². The Morgan fingerprint density at radius 1 is 1.09 bits per heavy atom. The Labute approximate surface area is 203 Å². The lowest BCUT2D eigenvalue weighted by Crippen LogP contribution is -2.57. The van der Waals surface area contributed by atoms with Gasteiger partial charge >= 0.3 is 6.18 Å². The van der Waals surface area contributed by atoms with Crippen molar-refractivity contribution in [3.05, 3.63) is 58.4 Å². The Balaban J connectivity index is 1.47. The summed E-state index contributed by atoms with van der Waals surface area (Å²) in [7, 11) is 0. The molecule has 3 heterocycles. The predicted octanol–water partition coefficient (Wildman–Crippen LogP) is 4.74. The lowest BCUT2D eigenvalue weighted by molar-refractivity contribution is -0.141. The molecule has 0 aliphatic carbocycles. The van der Waals surface area contributed by atoms with Crippen LogP contribution in [0.5, 0.6) is 5.75 Å². The Bertz CT molecular complexity index is 1100. The molecule has 35 heavy (non-hydrogen) atoms. The number of piperidine rings is 1. The molecule has 0 radical (unpaired) electrons. The van der Waals surface area contributed by atoms with Crippen molar-refractivity contribution < 1.29 is 27.5 Å². The molecule has 0 bridgehead atoms. The van der Waals surface area contributed by atoms with Gasteiger partial charge in [0.1, 0.15) is 18.1 Å². The van der Waals surface area contributed by atoms with Crippen LogP contribution in [0.3, 0.4) is 0 Å². The van der Waals surface area contributed by atoms with E-state index in [1.54, 1.807) is 4.90 Å². The van der Waals surface area contributed by atoms with Crippen LogP contribution in [0, 0.1) is 13.8 Å². The van der Waals surface area contributed by atoms with E-state index in [4.69, 9.17) is 4.74 Å². The average molecular weight is 490 g/mol. The normalized spacial score (nSPS) is 20.9. The van der Waals surface area contributed by atoms with Gasteiger partial charge in [-0.15, -0.1) is 0 Å². The Kier molecular flexibility index (Phi) is 7.17. The molecule has 2 saturated heterocycles. The highest BCUT2D eigenvalue weighted by Gasteiger charge is 2.38. The molecule has 0 N–H and O–H groups in total. The molecule has 1 aromatic heterocycles. The second-order valence-corrected chi connectivity index (χ2v) is 9.41. The van der Waals surface area contributed by atoms with Crippen LogP contribution in [0.15, 0.2) is 30.5 Å². The number of amides is 1. The molecule has 0 unspecified atom stereocenters. The zero-order chi connectivity index (χ0) is 25.3. The molecule has 0 spiro atoms. The number of carbonyl (C=O) groups excluding carboxylic acids is 2. The first kappa shape index (κ1) is 25.2. The third-order valence-electron chi connectivity index (χ3n) is 7.10. The molecule has 9 heteroatoms. The number of Topliss-reactive ketones (excluding diaryl/α,β-unsaturated/α-hetero) is 1. The number of carbonyl (C=O) groups is 2. The number of aromatic nitrogens is 1. The molecular weight excluding hydrogens is 459 g/mol. The van der Waals surface area contributed by atoms with Gasteiger partial charge in [0, 0.05) is 37.9 Å². The topological polar surface area (TPSA) is 62.7 Å². The number of fused-ring (bicyclic) bond motifs is 1. The van der Waals surface area contributed by atoms with Crippen molar-refractivity contribution in [2.24, 2.45) is 0 Å². The maximum atomic E-state index is 13.0. The molecule has 1 amide bonds. The minimum absolute atomic E-state index is 0.0271. The van der Waals surface area contributed by atoms with Crippen LogP contribution < -0.4 is 4.74 Å². The molecular formula is C26H30F3N3O3. The fraction of sp³-hybridized carbons (Fsp3) is 0.500. The van der Waals surface area contributed by atoms with Gasteiger partial charge in [0.05, 0.1) is 5.56 Å². The van der Waals surface area contributed by atoms with Crippen molar-refractivity contribution in [2.45, 2.75) is 58.3 Å². The third kappa shape index (κ3) is 5.34. The van der Waals surface area contributed by atoms with Crippen molar-refractivity contribution in [3.8, 4) is 5.75 Å². The van der Waals surface area contributed by atoms with Gasteiger partial charge in [-0.1, -0.05) is 6.07 Å². The maximum absolute atomic E-state index is 13.0. The number of alkyl halides is 3. The molecule has 2 aromatic rings. The molecule has 2 aliphatic rings. The lowest BCUT2D eigenvalue weighted by Gasteiger charge is -2.48. The molecule has 1 aromatic carbocycles. The van der Waals surface area contributed by atoms with E-state index in [-0.39, 0.29) is 35.9 Å². The van der Waals surface area contributed by atoms with Gasteiger partial charge in [0.15, 0.2) is 5.78 Å². The van der Waals surface area contributed by atoms with E-state index in [1.807, 2.05) is 13.0 Å². The Morgan fingerprint density at radius 2 is 1.86 bits per heavy atom. The van der Waals surface area contributed by atoms with Gasteiger partial charge in [-0.2, -0.15) is 13.2 Å². The average Bonchev–Trinajstić information content (AvgIpc) is 2.83. The highest BCUT2D eigenvalue weighted by atomic mass is 19.4. The number of benzene rings is 1. The van der Waals surface area contributed by atoms with Crippen LogP contribution in [0.1, 0.15) is 65.0 Å². The van der Waals surface area contributed by atoms with Crippen molar-refractivity contribution in [1.82, 2.24) is 14.8 Å². The molecule has 2 atom stereocenters. The van der Waals surface area contributed by atoms with Crippen LogP contribution in [-0.2, 0) is 11.0 Å². The van der Waals surface area contributed by atoms with E-state index in [1.165, 1.54) is 18.6 Å². The number of pyridine rings is 1. The van der Waals surface area contributed by atoms with Gasteiger partial charge in [0.2, 0.25) is 0 Å². The van der Waals surface area contributed by atoms with E-state index in [0.29, 0.717) is 19.6 Å². The van der Waals surface area contributed by atoms with E-state index in [2.05, 4.69) is 22.9 Å². The van der Waals surface area contributed by atoms with Crippen LogP contribution in [0.4, 0.5) is 13.2 Å². The standard InChI is InChI=1S/C26H30F3N3O3/c1-16(33)15-35-23-9-8-21(17(2)18(23)3)22-6-4-5-20-14-31(11-12-32(20)22)25(34)19-7-10-24(30-13-19)26(27,28)29/h7-10,13,20,22H,4-6,11-12,14-15H2,1-3H3/t20-,22+/m0/s1. The lowest BCUT2D eigenvalue weighted by atomic mass is 9.86. The fourth-order valence-corrected chi connectivity index (χ4v) is 5.15. The van der Waals surface area contributed by atoms with E-state index in [0.717, 1.165) is 48.4 Å². The third-order valence-corrected chi connectivity index (χ3v) is 7.10. The molecule has 2 fully saturated rings. The summed E-state index contributed by atoms with van der Waals surface area (Å²) in [5, 5.41) is 0. The first-order valence-corrected chi connectivity index (χ1v) is 11.9. The number of hydrogen-bond donors (Lipinski definition) is 0. The summed E-state index contributed by atoms with van der Waals surface area (Å²) in [5.74, 6) is 0.405. The SMILES string of the molecule is CC(=O)COc1ccc([C@H]2CCC[C@H]3CN(C(=O)c4ccc(C(F)(F)F)nc4)CCN32)c(C)c1C. The van der Waals surface area contributed by atoms with Crippen molar-refractivity contribution in [3.63, 3.8) is 0 Å². The minimum Gasteiger partial charge on any atom is -0.486 e. The van der Waals surface area contributed by atoms with Gasteiger partial charge in [-0.25, -0.2) is 0 Å². The smallest absolute Gasteiger partial charge is 0.433 e. The van der Waals surface area contributed by atoms with Crippen molar-refractivity contribution in [1.29, 1.82) is 0 Å². The quantitative estimate of drug-likeness (QED) is 0.607. The zero-order valence-corrected chi connectivity index (χ0v) is 20.2. The number of nitrogens with zero attached hydrogens (tertiary/aromatic N) is 3. The molecule has 2 aliphatic heterocycles. The summed E-state index contributed by atoms with van der Waals surface area (Å²) < 4.78 is 44.1. The summed E-state index contributed by atoms with van der Waals surface area (Å²) in [6.07, 6.45) is -0.511. The van der Waals surface area contributed by atoms with E-state index in [9.17, 15) is 22.8 Å². The fourth-order valence-electron chi connectivity index (χ4n) is 5.15. The van der Waals surface area contributed by atoms with Crippen molar-refractivity contribution in [2.75, 3.05) is 26.2 Å². The summed E-state index contributed by atoms with van der Waals surface area (Å²) >= 11 is 0. The predicted molar refractivity (Wildman–Crippen MR) is 124 cm³/mol. The summed E-state index contributed by atoms with van der Waals surface area (Å²) in [6, 6.07) is 6.48. The highest BCUT2D eigenvalue weighted by Crippen LogP contribution is 2.39. The van der Waals surface area contributed by atoms with E-state index >= 15 is 0 Å². The number of halogens is 3. The summed E-state index contributed by atoms with van der Waals surface area (Å²) in [5.41, 5.74) is 2.57. The Morgan fingerprint density at radius 3 is 2.51 bits per heavy atom. The summed E-state index contributed by atoms with van der Waals surface area (Å²) in [4.78, 5) is 31.9. The van der Waals surface area contributed by atoms with Crippen LogP contribution in [0.25, 0.3) is 0 Å². The second-order valence-electron chi connectivity index (χ2n) is 9.41. The second kappa shape index (κ2) is 9.97. The number of piperazine rings is 1. The number of ketones is 1. The van der Waals surface area contributed by atoms with Crippen molar-refractivity contribution >= 4 is 11.7 Å². The van der Waals surface area contributed by atoms with Gasteiger partial charge < -0.3 is 9.64 Å². The number of ether oxygens (including phenoxy) is 1. The van der Waals surface area contributed by atoms with Gasteiger partial charge in [-0.05, 0) is 74.9 Å². The maximum Gasteiger partial charge on any atom is 0.433 e. The van der Waals surface area contributed by atoms with Crippen LogP contribution >= 0.6 is 0 Å². The summed E-state index contributed by atoms with van der Waals surface area (Å²) in [6.45, 7) is 7.36. The van der Waals surface area contributed by atoms with Gasteiger partial charge in [-0.3, -0.25) is 19.5 Å². The number of hydrogen-bond acceptors (Lipinski definition) is 5. The monoisotopic (exact) mass is 489 g/mol.